The Balaban J connectivity index is 1.79. The third kappa shape index (κ3) is 4.49. The summed E-state index contributed by atoms with van der Waals surface area (Å²) < 4.78 is 0. The molecule has 0 unspecified atom stereocenters. The van der Waals surface area contributed by atoms with Crippen molar-refractivity contribution < 1.29 is 4.79 Å². The van der Waals surface area contributed by atoms with Crippen LogP contribution in [0.4, 0.5) is 5.69 Å². The third-order valence-corrected chi connectivity index (χ3v) is 3.65. The predicted octanol–water partition coefficient (Wildman–Crippen LogP) is 2.06. The van der Waals surface area contributed by atoms with Crippen LogP contribution in [0, 0.1) is 6.92 Å². The standard InChI is InChI=1S/C14H20ClN3O/c1-9-8-11(4-5-12(9)15)18-14(19)13(16)6-7-17-10-2-3-10/h4-5,8,10,13,17H,2-3,6-7,16H2,1H3,(H,18,19)/t13-/m0/s1. The molecule has 1 aliphatic rings. The van der Waals surface area contributed by atoms with Crippen LogP contribution in [0.5, 0.6) is 0 Å². The largest absolute Gasteiger partial charge is 0.325 e. The van der Waals surface area contributed by atoms with Crippen LogP contribution in [0.1, 0.15) is 24.8 Å². The molecule has 0 aromatic heterocycles. The fraction of sp³-hybridized carbons (Fsp3) is 0.500. The summed E-state index contributed by atoms with van der Waals surface area (Å²) in [7, 11) is 0. The molecule has 1 aromatic carbocycles. The van der Waals surface area contributed by atoms with Gasteiger partial charge in [-0.05, 0) is 56.5 Å². The van der Waals surface area contributed by atoms with Crippen LogP contribution in [0.25, 0.3) is 0 Å². The fourth-order valence-corrected chi connectivity index (χ4v) is 1.94. The Labute approximate surface area is 118 Å². The zero-order chi connectivity index (χ0) is 13.8. The van der Waals surface area contributed by atoms with Gasteiger partial charge in [-0.15, -0.1) is 0 Å². The van der Waals surface area contributed by atoms with E-state index < -0.39 is 6.04 Å². The lowest BCUT2D eigenvalue weighted by Gasteiger charge is -2.13. The first-order valence-corrected chi connectivity index (χ1v) is 7.00. The average molecular weight is 282 g/mol. The molecule has 1 atom stereocenters. The number of amides is 1. The Morgan fingerprint density at radius 3 is 2.89 bits per heavy atom. The summed E-state index contributed by atoms with van der Waals surface area (Å²) >= 11 is 5.94. The molecule has 2 rings (SSSR count). The van der Waals surface area contributed by atoms with Crippen LogP contribution < -0.4 is 16.4 Å². The molecule has 4 nitrogen and oxygen atoms in total. The minimum atomic E-state index is -0.484. The van der Waals surface area contributed by atoms with Crippen LogP contribution in [-0.2, 0) is 4.79 Å². The molecule has 19 heavy (non-hydrogen) atoms. The van der Waals surface area contributed by atoms with Gasteiger partial charge in [0.15, 0.2) is 0 Å². The molecule has 0 bridgehead atoms. The number of anilines is 1. The van der Waals surface area contributed by atoms with Crippen molar-refractivity contribution in [3.8, 4) is 0 Å². The van der Waals surface area contributed by atoms with E-state index in [4.69, 9.17) is 17.3 Å². The maximum absolute atomic E-state index is 11.9. The normalized spacial score (nSPS) is 16.2. The Hall–Kier alpha value is -1.10. The van der Waals surface area contributed by atoms with Gasteiger partial charge in [0.2, 0.25) is 5.91 Å². The number of halogens is 1. The first-order valence-electron chi connectivity index (χ1n) is 6.62. The second kappa shape index (κ2) is 6.37. The summed E-state index contributed by atoms with van der Waals surface area (Å²) in [4.78, 5) is 11.9. The summed E-state index contributed by atoms with van der Waals surface area (Å²) in [6.07, 6.45) is 3.13. The molecule has 104 valence electrons. The van der Waals surface area contributed by atoms with Gasteiger partial charge < -0.3 is 16.4 Å². The maximum atomic E-state index is 11.9. The number of aryl methyl sites for hydroxylation is 1. The van der Waals surface area contributed by atoms with E-state index in [2.05, 4.69) is 10.6 Å². The van der Waals surface area contributed by atoms with E-state index in [0.29, 0.717) is 17.5 Å². The molecule has 4 N–H and O–H groups in total. The minimum Gasteiger partial charge on any atom is -0.325 e. The zero-order valence-corrected chi connectivity index (χ0v) is 11.8. The molecule has 1 aromatic rings. The van der Waals surface area contributed by atoms with Crippen LogP contribution in [0.15, 0.2) is 18.2 Å². The molecule has 1 aliphatic carbocycles. The van der Waals surface area contributed by atoms with Crippen molar-refractivity contribution in [3.63, 3.8) is 0 Å². The molecule has 0 spiro atoms. The molecule has 1 fully saturated rings. The van der Waals surface area contributed by atoms with Crippen molar-refractivity contribution >= 4 is 23.2 Å². The Bertz CT molecular complexity index is 460. The Kier molecular flexibility index (Phi) is 4.80. The Morgan fingerprint density at radius 2 is 2.26 bits per heavy atom. The topological polar surface area (TPSA) is 67.2 Å². The van der Waals surface area contributed by atoms with Crippen molar-refractivity contribution in [2.75, 3.05) is 11.9 Å². The molecular weight excluding hydrogens is 262 g/mol. The number of hydrogen-bond acceptors (Lipinski definition) is 3. The van der Waals surface area contributed by atoms with E-state index >= 15 is 0 Å². The quantitative estimate of drug-likeness (QED) is 0.748. The Morgan fingerprint density at radius 1 is 1.53 bits per heavy atom. The molecule has 1 amide bonds. The van der Waals surface area contributed by atoms with E-state index in [-0.39, 0.29) is 5.91 Å². The minimum absolute atomic E-state index is 0.153. The van der Waals surface area contributed by atoms with E-state index in [1.54, 1.807) is 12.1 Å². The smallest absolute Gasteiger partial charge is 0.241 e. The number of nitrogens with two attached hydrogens (primary N) is 1. The monoisotopic (exact) mass is 281 g/mol. The molecule has 0 aliphatic heterocycles. The number of rotatable bonds is 6. The lowest BCUT2D eigenvalue weighted by atomic mass is 10.2. The van der Waals surface area contributed by atoms with Gasteiger partial charge >= 0.3 is 0 Å². The molecule has 5 heteroatoms. The first-order chi connectivity index (χ1) is 9.06. The van der Waals surface area contributed by atoms with Crippen LogP contribution in [0.3, 0.4) is 0 Å². The van der Waals surface area contributed by atoms with E-state index in [9.17, 15) is 4.79 Å². The highest BCUT2D eigenvalue weighted by molar-refractivity contribution is 6.31. The highest BCUT2D eigenvalue weighted by Gasteiger charge is 2.21. The molecule has 0 saturated heterocycles. The van der Waals surface area contributed by atoms with E-state index in [0.717, 1.165) is 17.8 Å². The molecule has 1 saturated carbocycles. The number of benzene rings is 1. The summed E-state index contributed by atoms with van der Waals surface area (Å²) in [5.41, 5.74) is 7.53. The SMILES string of the molecule is Cc1cc(NC(=O)[C@@H](N)CCNC2CC2)ccc1Cl. The first kappa shape index (κ1) is 14.3. The second-order valence-electron chi connectivity index (χ2n) is 5.08. The second-order valence-corrected chi connectivity index (χ2v) is 5.48. The highest BCUT2D eigenvalue weighted by Crippen LogP contribution is 2.20. The molecule has 0 radical (unpaired) electrons. The van der Waals surface area contributed by atoms with Gasteiger partial charge in [-0.25, -0.2) is 0 Å². The maximum Gasteiger partial charge on any atom is 0.241 e. The summed E-state index contributed by atoms with van der Waals surface area (Å²) in [6.45, 7) is 2.69. The van der Waals surface area contributed by atoms with Gasteiger partial charge in [0, 0.05) is 16.8 Å². The fourth-order valence-electron chi connectivity index (χ4n) is 1.82. The van der Waals surface area contributed by atoms with Gasteiger partial charge in [0.25, 0.3) is 0 Å². The summed E-state index contributed by atoms with van der Waals surface area (Å²) in [5, 5.41) is 6.85. The van der Waals surface area contributed by atoms with Crippen molar-refractivity contribution in [2.24, 2.45) is 5.73 Å². The molecular formula is C14H20ClN3O. The van der Waals surface area contributed by atoms with Gasteiger partial charge in [-0.1, -0.05) is 11.6 Å². The van der Waals surface area contributed by atoms with Crippen molar-refractivity contribution in [3.05, 3.63) is 28.8 Å². The number of hydrogen-bond donors (Lipinski definition) is 3. The van der Waals surface area contributed by atoms with Crippen molar-refractivity contribution in [1.29, 1.82) is 0 Å². The lowest BCUT2D eigenvalue weighted by molar-refractivity contribution is -0.117. The van der Waals surface area contributed by atoms with Gasteiger partial charge in [0.05, 0.1) is 6.04 Å². The van der Waals surface area contributed by atoms with Crippen molar-refractivity contribution in [1.82, 2.24) is 5.32 Å². The summed E-state index contributed by atoms with van der Waals surface area (Å²) in [5.74, 6) is -0.153. The summed E-state index contributed by atoms with van der Waals surface area (Å²) in [6, 6.07) is 5.56. The van der Waals surface area contributed by atoms with Crippen molar-refractivity contribution in [2.45, 2.75) is 38.3 Å². The molecule has 0 heterocycles. The number of nitrogens with one attached hydrogen (secondary N) is 2. The lowest BCUT2D eigenvalue weighted by Crippen LogP contribution is -2.38. The van der Waals surface area contributed by atoms with Crippen LogP contribution >= 0.6 is 11.6 Å². The number of carbonyl (C=O) groups excluding carboxylic acids is 1. The number of carbonyl (C=O) groups is 1. The average Bonchev–Trinajstić information content (AvgIpc) is 3.17. The predicted molar refractivity (Wildman–Crippen MR) is 78.4 cm³/mol. The van der Waals surface area contributed by atoms with Gasteiger partial charge in [0.1, 0.15) is 0 Å². The van der Waals surface area contributed by atoms with Gasteiger partial charge in [-0.3, -0.25) is 4.79 Å². The highest BCUT2D eigenvalue weighted by atomic mass is 35.5. The van der Waals surface area contributed by atoms with E-state index in [1.165, 1.54) is 12.8 Å². The third-order valence-electron chi connectivity index (χ3n) is 3.23. The van der Waals surface area contributed by atoms with E-state index in [1.807, 2.05) is 13.0 Å². The van der Waals surface area contributed by atoms with Crippen LogP contribution in [0.2, 0.25) is 5.02 Å². The van der Waals surface area contributed by atoms with Gasteiger partial charge in [-0.2, -0.15) is 0 Å². The van der Waals surface area contributed by atoms with Crippen LogP contribution in [-0.4, -0.2) is 24.5 Å². The zero-order valence-electron chi connectivity index (χ0n) is 11.1.